The summed E-state index contributed by atoms with van der Waals surface area (Å²) in [5, 5.41) is 2.53. The number of ether oxygens (including phenoxy) is 3. The van der Waals surface area contributed by atoms with Crippen LogP contribution in [-0.2, 0) is 15.0 Å². The van der Waals surface area contributed by atoms with Crippen molar-refractivity contribution >= 4 is 34.9 Å². The molecule has 34 heavy (non-hydrogen) atoms. The number of amides is 3. The lowest BCUT2D eigenvalue weighted by Gasteiger charge is -2.17. The molecule has 2 aliphatic rings. The summed E-state index contributed by atoms with van der Waals surface area (Å²) in [6, 6.07) is 13.1. The number of carbonyl (C=O) groups excluding carboxylic acids is 3. The quantitative estimate of drug-likeness (QED) is 0.546. The average molecular weight is 483 g/mol. The molecule has 178 valence electrons. The van der Waals surface area contributed by atoms with Crippen molar-refractivity contribution < 1.29 is 28.6 Å². The van der Waals surface area contributed by atoms with E-state index in [9.17, 15) is 14.4 Å². The van der Waals surface area contributed by atoms with Crippen molar-refractivity contribution in [3.63, 3.8) is 0 Å². The van der Waals surface area contributed by atoms with Gasteiger partial charge >= 0.3 is 0 Å². The summed E-state index contributed by atoms with van der Waals surface area (Å²) in [4.78, 5) is 39.6. The zero-order valence-corrected chi connectivity index (χ0v) is 20.1. The van der Waals surface area contributed by atoms with Crippen molar-refractivity contribution in [3.05, 3.63) is 58.5 Å². The number of thioether (sulfide) groups is 1. The van der Waals surface area contributed by atoms with Crippen LogP contribution in [-0.4, -0.2) is 56.4 Å². The van der Waals surface area contributed by atoms with Gasteiger partial charge in [-0.05, 0) is 53.9 Å². The first-order valence-corrected chi connectivity index (χ1v) is 11.6. The summed E-state index contributed by atoms with van der Waals surface area (Å²) in [6.45, 7) is 0.302. The monoisotopic (exact) mass is 482 g/mol. The highest BCUT2D eigenvalue weighted by molar-refractivity contribution is 8.18. The zero-order chi connectivity index (χ0) is 24.3. The molecule has 1 aliphatic heterocycles. The fourth-order valence-electron chi connectivity index (χ4n) is 4.01. The third kappa shape index (κ3) is 4.48. The molecule has 2 fully saturated rings. The zero-order valence-electron chi connectivity index (χ0n) is 19.3. The molecule has 0 unspecified atom stereocenters. The highest BCUT2D eigenvalue weighted by atomic mass is 32.2. The first-order valence-electron chi connectivity index (χ1n) is 10.8. The van der Waals surface area contributed by atoms with Crippen LogP contribution in [0, 0.1) is 0 Å². The molecule has 8 nitrogen and oxygen atoms in total. The van der Waals surface area contributed by atoms with E-state index in [0.29, 0.717) is 22.8 Å². The number of imide groups is 1. The van der Waals surface area contributed by atoms with E-state index in [4.69, 9.17) is 14.2 Å². The number of hydrogen-bond acceptors (Lipinski definition) is 7. The van der Waals surface area contributed by atoms with Crippen LogP contribution in [0.4, 0.5) is 4.79 Å². The minimum atomic E-state index is -0.493. The standard InChI is InChI=1S/C25H26N2O6S/c1-31-18-13-16(14-19(32-2)21(18)33-3)15-20-22(28)27(24(30)34-20)12-11-26-23(29)25(9-10-25)17-7-5-4-6-8-17/h4-8,13-15H,9-12H2,1-3H3,(H,26,29)/b20-15-. The predicted octanol–water partition coefficient (Wildman–Crippen LogP) is 3.60. The Hall–Kier alpha value is -3.46. The van der Waals surface area contributed by atoms with E-state index in [-0.39, 0.29) is 29.1 Å². The van der Waals surface area contributed by atoms with Gasteiger partial charge in [0.25, 0.3) is 11.1 Å². The maximum absolute atomic E-state index is 12.9. The number of methoxy groups -OCH3 is 3. The second-order valence-electron chi connectivity index (χ2n) is 8.00. The van der Waals surface area contributed by atoms with E-state index in [0.717, 1.165) is 35.1 Å². The smallest absolute Gasteiger partial charge is 0.293 e. The second-order valence-corrected chi connectivity index (χ2v) is 8.99. The summed E-state index contributed by atoms with van der Waals surface area (Å²) in [5.74, 6) is 0.862. The van der Waals surface area contributed by atoms with E-state index in [1.54, 1.807) is 18.2 Å². The lowest BCUT2D eigenvalue weighted by atomic mass is 9.95. The molecule has 2 aromatic carbocycles. The number of carbonyl (C=O) groups is 3. The first kappa shape index (κ1) is 23.7. The Morgan fingerprint density at radius 3 is 2.26 bits per heavy atom. The molecule has 0 radical (unpaired) electrons. The first-order chi connectivity index (χ1) is 16.4. The van der Waals surface area contributed by atoms with Gasteiger partial charge in [0.05, 0.1) is 31.6 Å². The SMILES string of the molecule is COc1cc(/C=C2\SC(=O)N(CCNC(=O)C3(c4ccccc4)CC3)C2=O)cc(OC)c1OC. The molecule has 1 aliphatic carbocycles. The number of nitrogens with zero attached hydrogens (tertiary/aromatic N) is 1. The Morgan fingerprint density at radius 1 is 1.06 bits per heavy atom. The molecule has 9 heteroatoms. The lowest BCUT2D eigenvalue weighted by Crippen LogP contribution is -2.41. The summed E-state index contributed by atoms with van der Waals surface area (Å²) >= 11 is 0.860. The van der Waals surface area contributed by atoms with Crippen molar-refractivity contribution in [1.82, 2.24) is 10.2 Å². The van der Waals surface area contributed by atoms with Gasteiger partial charge in [-0.3, -0.25) is 19.3 Å². The van der Waals surface area contributed by atoms with Gasteiger partial charge in [0.1, 0.15) is 0 Å². The molecule has 1 heterocycles. The minimum Gasteiger partial charge on any atom is -0.493 e. The number of hydrogen-bond donors (Lipinski definition) is 1. The molecule has 1 saturated carbocycles. The second kappa shape index (κ2) is 9.80. The molecular formula is C25H26N2O6S. The van der Waals surface area contributed by atoms with Gasteiger partial charge in [0.2, 0.25) is 11.7 Å². The Kier molecular flexibility index (Phi) is 6.83. The van der Waals surface area contributed by atoms with Crippen molar-refractivity contribution in [2.45, 2.75) is 18.3 Å². The number of benzene rings is 2. The molecule has 2 aromatic rings. The van der Waals surface area contributed by atoms with Crippen molar-refractivity contribution in [1.29, 1.82) is 0 Å². The van der Waals surface area contributed by atoms with Gasteiger partial charge in [0.15, 0.2) is 11.5 Å². The van der Waals surface area contributed by atoms with Gasteiger partial charge < -0.3 is 19.5 Å². The topological polar surface area (TPSA) is 94.2 Å². The normalized spacial score (nSPS) is 17.6. The van der Waals surface area contributed by atoms with Crippen LogP contribution < -0.4 is 19.5 Å². The molecular weight excluding hydrogens is 456 g/mol. The van der Waals surface area contributed by atoms with Crippen LogP contribution >= 0.6 is 11.8 Å². The van der Waals surface area contributed by atoms with Crippen LogP contribution in [0.1, 0.15) is 24.0 Å². The van der Waals surface area contributed by atoms with Crippen LogP contribution in [0.15, 0.2) is 47.4 Å². The highest BCUT2D eigenvalue weighted by Crippen LogP contribution is 2.48. The fourth-order valence-corrected chi connectivity index (χ4v) is 4.87. The largest absolute Gasteiger partial charge is 0.493 e. The molecule has 0 aromatic heterocycles. The van der Waals surface area contributed by atoms with E-state index in [1.165, 1.54) is 21.3 Å². The fraction of sp³-hybridized carbons (Fsp3) is 0.320. The molecule has 0 bridgehead atoms. The Labute approximate surface area is 202 Å². The minimum absolute atomic E-state index is 0.0707. The van der Waals surface area contributed by atoms with Crippen molar-refractivity contribution in [3.8, 4) is 17.2 Å². The maximum atomic E-state index is 12.9. The predicted molar refractivity (Wildman–Crippen MR) is 129 cm³/mol. The van der Waals surface area contributed by atoms with E-state index in [1.807, 2.05) is 30.3 Å². The van der Waals surface area contributed by atoms with Gasteiger partial charge in [-0.2, -0.15) is 0 Å². The summed E-state index contributed by atoms with van der Waals surface area (Å²) in [6.07, 6.45) is 3.20. The summed E-state index contributed by atoms with van der Waals surface area (Å²) < 4.78 is 16.0. The molecule has 4 rings (SSSR count). The van der Waals surface area contributed by atoms with Crippen LogP contribution in [0.25, 0.3) is 6.08 Å². The Morgan fingerprint density at radius 2 is 1.71 bits per heavy atom. The molecule has 1 saturated heterocycles. The lowest BCUT2D eigenvalue weighted by molar-refractivity contribution is -0.125. The van der Waals surface area contributed by atoms with E-state index in [2.05, 4.69) is 5.32 Å². The van der Waals surface area contributed by atoms with E-state index < -0.39 is 11.3 Å². The van der Waals surface area contributed by atoms with Crippen molar-refractivity contribution in [2.75, 3.05) is 34.4 Å². The molecule has 0 atom stereocenters. The van der Waals surface area contributed by atoms with E-state index >= 15 is 0 Å². The highest BCUT2D eigenvalue weighted by Gasteiger charge is 2.51. The van der Waals surface area contributed by atoms with Crippen LogP contribution in [0.3, 0.4) is 0 Å². The van der Waals surface area contributed by atoms with Gasteiger partial charge in [-0.25, -0.2) is 0 Å². The summed E-state index contributed by atoms with van der Waals surface area (Å²) in [7, 11) is 4.52. The third-order valence-corrected chi connectivity index (χ3v) is 6.90. The average Bonchev–Trinajstić information content (AvgIpc) is 3.63. The van der Waals surface area contributed by atoms with Gasteiger partial charge in [-0.15, -0.1) is 0 Å². The maximum Gasteiger partial charge on any atom is 0.293 e. The van der Waals surface area contributed by atoms with Gasteiger partial charge in [0, 0.05) is 13.1 Å². The van der Waals surface area contributed by atoms with Crippen LogP contribution in [0.2, 0.25) is 0 Å². The van der Waals surface area contributed by atoms with Gasteiger partial charge in [-0.1, -0.05) is 30.3 Å². The number of nitrogens with one attached hydrogen (secondary N) is 1. The Balaban J connectivity index is 1.41. The Bertz CT molecular complexity index is 1120. The summed E-state index contributed by atoms with van der Waals surface area (Å²) in [5.41, 5.74) is 1.13. The van der Waals surface area contributed by atoms with Crippen molar-refractivity contribution in [2.24, 2.45) is 0 Å². The molecule has 0 spiro atoms. The number of rotatable bonds is 9. The molecule has 3 amide bonds. The molecule has 1 N–H and O–H groups in total. The third-order valence-electron chi connectivity index (χ3n) is 5.99. The van der Waals surface area contributed by atoms with Crippen LogP contribution in [0.5, 0.6) is 17.2 Å².